The number of nitrogens with two attached hydrogens (primary N) is 1. The van der Waals surface area contributed by atoms with Gasteiger partial charge in [-0.25, -0.2) is 18.4 Å². The van der Waals surface area contributed by atoms with E-state index in [0.717, 1.165) is 5.56 Å². The van der Waals surface area contributed by atoms with Crippen molar-refractivity contribution in [1.29, 1.82) is 0 Å². The second-order valence-corrected chi connectivity index (χ2v) is 10.9. The van der Waals surface area contributed by atoms with E-state index in [4.69, 9.17) is 42.6 Å². The average molecular weight is 580 g/mol. The van der Waals surface area contributed by atoms with Gasteiger partial charge in [0.2, 0.25) is 10.0 Å². The van der Waals surface area contributed by atoms with E-state index in [1.165, 1.54) is 38.5 Å². The highest BCUT2D eigenvalue weighted by atomic mass is 35.5. The first-order valence-electron chi connectivity index (χ1n) is 11.6. The van der Waals surface area contributed by atoms with Gasteiger partial charge in [0.15, 0.2) is 17.1 Å². The Morgan fingerprint density at radius 2 is 1.66 bits per heavy atom. The molecule has 1 aliphatic heterocycles. The topological polar surface area (TPSA) is 129 Å². The lowest BCUT2D eigenvalue weighted by atomic mass is 9.82. The highest BCUT2D eigenvalue weighted by Gasteiger charge is 2.45. The zero-order chi connectivity index (χ0) is 27.5. The number of methoxy groups -OCH3 is 2. The van der Waals surface area contributed by atoms with E-state index in [1.54, 1.807) is 0 Å². The number of primary sulfonamides is 1. The second kappa shape index (κ2) is 11.4. The summed E-state index contributed by atoms with van der Waals surface area (Å²) >= 11 is 13.7. The summed E-state index contributed by atoms with van der Waals surface area (Å²) in [7, 11) is -1.07. The molecule has 202 valence electrons. The quantitative estimate of drug-likeness (QED) is 0.386. The van der Waals surface area contributed by atoms with Crippen molar-refractivity contribution in [2.45, 2.75) is 23.5 Å². The fourth-order valence-electron chi connectivity index (χ4n) is 4.55. The molecule has 1 unspecified atom stereocenters. The van der Waals surface area contributed by atoms with Gasteiger partial charge >= 0.3 is 6.09 Å². The second-order valence-electron chi connectivity index (χ2n) is 8.60. The molecule has 12 heteroatoms. The van der Waals surface area contributed by atoms with E-state index in [1.807, 2.05) is 30.3 Å². The first-order chi connectivity index (χ1) is 18.1. The van der Waals surface area contributed by atoms with Crippen LogP contribution in [0, 0.1) is 0 Å². The molecule has 3 aromatic carbocycles. The van der Waals surface area contributed by atoms with Crippen molar-refractivity contribution in [1.82, 2.24) is 10.6 Å². The number of hydrogen-bond acceptors (Lipinski definition) is 7. The lowest BCUT2D eigenvalue weighted by Crippen LogP contribution is -2.45. The monoisotopic (exact) mass is 579 g/mol. The molecule has 3 aromatic rings. The number of rotatable bonds is 7. The Balaban J connectivity index is 1.90. The molecule has 0 aromatic heterocycles. The fourth-order valence-corrected chi connectivity index (χ4v) is 5.85. The smallest absolute Gasteiger partial charge is 0.408 e. The van der Waals surface area contributed by atoms with Crippen molar-refractivity contribution in [3.63, 3.8) is 0 Å². The number of halogens is 2. The Bertz CT molecular complexity index is 1440. The fraction of sp³-hybridized carbons (Fsp3) is 0.269. The minimum atomic E-state index is -3.95. The highest BCUT2D eigenvalue weighted by Crippen LogP contribution is 2.52. The molecule has 0 spiro atoms. The van der Waals surface area contributed by atoms with Crippen LogP contribution in [0.2, 0.25) is 10.0 Å². The molecule has 1 amide bonds. The molecule has 38 heavy (non-hydrogen) atoms. The largest absolute Gasteiger partial charge is 0.491 e. The Kier molecular flexibility index (Phi) is 8.39. The number of benzene rings is 3. The van der Waals surface area contributed by atoms with Gasteiger partial charge in [-0.1, -0.05) is 65.7 Å². The summed E-state index contributed by atoms with van der Waals surface area (Å²) in [6, 6.07) is 15.1. The van der Waals surface area contributed by atoms with Crippen molar-refractivity contribution in [3.05, 3.63) is 86.9 Å². The van der Waals surface area contributed by atoms with Gasteiger partial charge in [0.25, 0.3) is 0 Å². The van der Waals surface area contributed by atoms with Crippen LogP contribution in [0.5, 0.6) is 11.5 Å². The summed E-state index contributed by atoms with van der Waals surface area (Å²) in [6.07, 6.45) is -0.277. The molecular formula is C26H27Cl2N3O6S. The number of fused-ring (bicyclic) bond motifs is 1. The third kappa shape index (κ3) is 5.41. The summed E-state index contributed by atoms with van der Waals surface area (Å²) in [5.41, 5.74) is 0.809. The van der Waals surface area contributed by atoms with E-state index >= 15 is 0 Å². The third-order valence-electron chi connectivity index (χ3n) is 6.32. The molecule has 1 aliphatic rings. The molecule has 1 heterocycles. The number of alkyl carbamates (subject to hydrolysis) is 1. The van der Waals surface area contributed by atoms with Gasteiger partial charge in [-0.3, -0.25) is 0 Å². The Labute approximate surface area is 231 Å². The Morgan fingerprint density at radius 3 is 2.26 bits per heavy atom. The van der Waals surface area contributed by atoms with E-state index in [0.29, 0.717) is 29.7 Å². The maximum atomic E-state index is 13.3. The predicted molar refractivity (Wildman–Crippen MR) is 144 cm³/mol. The summed E-state index contributed by atoms with van der Waals surface area (Å²) in [5, 5.41) is 11.8. The van der Waals surface area contributed by atoms with Gasteiger partial charge in [0, 0.05) is 24.2 Å². The molecule has 1 atom stereocenters. The van der Waals surface area contributed by atoms with Crippen molar-refractivity contribution in [2.75, 3.05) is 27.3 Å². The van der Waals surface area contributed by atoms with E-state index in [2.05, 4.69) is 10.6 Å². The Hall–Kier alpha value is -3.02. The molecular weight excluding hydrogens is 553 g/mol. The molecule has 0 aliphatic carbocycles. The first kappa shape index (κ1) is 28.0. The van der Waals surface area contributed by atoms with Crippen molar-refractivity contribution >= 4 is 39.3 Å². The zero-order valence-electron chi connectivity index (χ0n) is 20.7. The maximum absolute atomic E-state index is 13.3. The standard InChI is InChI=1S/C26H27Cl2N3O6S/c1-35-23-21(27)19-12-13-30-15-26(20(19)22(28)24(23)36-2,17-8-10-18(11-9-17)38(29,33)34)37-25(32)31-14-16-6-4-3-5-7-16/h3-11,30H,12-15H2,1-2H3,(H,31,32)(H2,29,33,34). The lowest BCUT2D eigenvalue weighted by Gasteiger charge is -2.36. The third-order valence-corrected chi connectivity index (χ3v) is 8.01. The van der Waals surface area contributed by atoms with Crippen LogP contribution in [0.4, 0.5) is 4.79 Å². The van der Waals surface area contributed by atoms with Crippen LogP contribution in [-0.2, 0) is 33.3 Å². The van der Waals surface area contributed by atoms with E-state index in [-0.39, 0.29) is 39.5 Å². The molecule has 4 rings (SSSR count). The van der Waals surface area contributed by atoms with Crippen LogP contribution >= 0.6 is 23.2 Å². The number of carbonyl (C=O) groups is 1. The van der Waals surface area contributed by atoms with Crippen LogP contribution in [0.15, 0.2) is 59.5 Å². The van der Waals surface area contributed by atoms with Crippen LogP contribution in [-0.4, -0.2) is 41.8 Å². The molecule has 0 bridgehead atoms. The number of sulfonamides is 1. The van der Waals surface area contributed by atoms with Gasteiger partial charge in [-0.2, -0.15) is 0 Å². The number of hydrogen-bond donors (Lipinski definition) is 3. The first-order valence-corrected chi connectivity index (χ1v) is 13.9. The van der Waals surface area contributed by atoms with Crippen LogP contribution in [0.1, 0.15) is 22.3 Å². The zero-order valence-corrected chi connectivity index (χ0v) is 23.0. The molecule has 9 nitrogen and oxygen atoms in total. The van der Waals surface area contributed by atoms with Crippen molar-refractivity contribution in [3.8, 4) is 11.5 Å². The molecule has 0 radical (unpaired) electrons. The van der Waals surface area contributed by atoms with Gasteiger partial charge in [0.05, 0.1) is 29.2 Å². The highest BCUT2D eigenvalue weighted by molar-refractivity contribution is 7.89. The summed E-state index contributed by atoms with van der Waals surface area (Å²) in [4.78, 5) is 13.2. The maximum Gasteiger partial charge on any atom is 0.408 e. The molecule has 0 fully saturated rings. The van der Waals surface area contributed by atoms with Gasteiger partial charge in [-0.05, 0) is 36.2 Å². The lowest BCUT2D eigenvalue weighted by molar-refractivity contribution is 0.0395. The number of ether oxygens (including phenoxy) is 3. The van der Waals surface area contributed by atoms with Crippen LogP contribution in [0.25, 0.3) is 0 Å². The van der Waals surface area contributed by atoms with Gasteiger partial charge < -0.3 is 24.8 Å². The molecule has 4 N–H and O–H groups in total. The summed E-state index contributed by atoms with van der Waals surface area (Å²) < 4.78 is 41.0. The Morgan fingerprint density at radius 1 is 1.03 bits per heavy atom. The molecule has 0 saturated carbocycles. The summed E-state index contributed by atoms with van der Waals surface area (Å²) in [5.74, 6) is 0.436. The van der Waals surface area contributed by atoms with Crippen LogP contribution in [0.3, 0.4) is 0 Å². The number of carbonyl (C=O) groups excluding carboxylic acids is 1. The van der Waals surface area contributed by atoms with Gasteiger partial charge in [0.1, 0.15) is 0 Å². The number of amides is 1. The summed E-state index contributed by atoms with van der Waals surface area (Å²) in [6.45, 7) is 0.824. The average Bonchev–Trinajstić information content (AvgIpc) is 3.10. The van der Waals surface area contributed by atoms with E-state index in [9.17, 15) is 13.2 Å². The van der Waals surface area contributed by atoms with Crippen molar-refractivity contribution in [2.24, 2.45) is 5.14 Å². The van der Waals surface area contributed by atoms with Crippen molar-refractivity contribution < 1.29 is 27.4 Å². The van der Waals surface area contributed by atoms with E-state index < -0.39 is 21.7 Å². The minimum absolute atomic E-state index is 0.0943. The predicted octanol–water partition coefficient (Wildman–Crippen LogP) is 3.97. The number of nitrogens with one attached hydrogen (secondary N) is 2. The normalized spacial score (nSPS) is 17.2. The minimum Gasteiger partial charge on any atom is -0.491 e. The molecule has 0 saturated heterocycles. The van der Waals surface area contributed by atoms with Crippen LogP contribution < -0.4 is 25.2 Å². The van der Waals surface area contributed by atoms with Gasteiger partial charge in [-0.15, -0.1) is 0 Å². The SMILES string of the molecule is COc1c(Cl)c2c(c(Cl)c1OC)C(OC(=O)NCc1ccccc1)(c1ccc(S(N)(=O)=O)cc1)CNCC2.